The van der Waals surface area contributed by atoms with E-state index in [1.54, 1.807) is 12.1 Å². The fourth-order valence-corrected chi connectivity index (χ4v) is 5.56. The van der Waals surface area contributed by atoms with Crippen molar-refractivity contribution in [3.05, 3.63) is 42.2 Å². The smallest absolute Gasteiger partial charge is 0.238 e. The highest BCUT2D eigenvalue weighted by Gasteiger charge is 2.43. The van der Waals surface area contributed by atoms with Crippen LogP contribution in [0.15, 0.2) is 41.4 Å². The summed E-state index contributed by atoms with van der Waals surface area (Å²) in [4.78, 5) is 9.41. The van der Waals surface area contributed by atoms with Crippen molar-refractivity contribution in [3.8, 4) is 0 Å². The van der Waals surface area contributed by atoms with Crippen molar-refractivity contribution in [2.24, 2.45) is 5.14 Å². The number of hydrogen-bond donors (Lipinski definition) is 3. The first-order valence-corrected chi connectivity index (χ1v) is 11.9. The molecule has 0 saturated heterocycles. The van der Waals surface area contributed by atoms with Gasteiger partial charge < -0.3 is 15.2 Å². The topological polar surface area (TPSA) is 115 Å². The first-order valence-electron chi connectivity index (χ1n) is 10.4. The predicted octanol–water partition coefficient (Wildman–Crippen LogP) is 2.97. The summed E-state index contributed by atoms with van der Waals surface area (Å²) < 4.78 is 25.4. The van der Waals surface area contributed by atoms with E-state index in [1.807, 2.05) is 6.20 Å². The molecule has 0 radical (unpaired) electrons. The molecule has 1 aliphatic carbocycles. The highest BCUT2D eigenvalue weighted by molar-refractivity contribution is 7.89. The molecular weight excluding hydrogens is 400 g/mol. The molecule has 30 heavy (non-hydrogen) atoms. The van der Waals surface area contributed by atoms with Crippen LogP contribution in [0.4, 0.5) is 11.6 Å². The number of aromatic nitrogens is 3. The molecule has 1 unspecified atom stereocenters. The molecule has 2 aliphatic rings. The minimum absolute atomic E-state index is 0.0519. The molecule has 4 N–H and O–H groups in total. The highest BCUT2D eigenvalue weighted by atomic mass is 32.2. The third-order valence-electron chi connectivity index (χ3n) is 6.62. The van der Waals surface area contributed by atoms with E-state index in [2.05, 4.69) is 33.2 Å². The summed E-state index contributed by atoms with van der Waals surface area (Å²) in [6.45, 7) is 3.12. The average Bonchev–Trinajstić information content (AvgIpc) is 3.10. The van der Waals surface area contributed by atoms with E-state index in [1.165, 1.54) is 37.1 Å². The summed E-state index contributed by atoms with van der Waals surface area (Å²) in [5, 5.41) is 13.1. The first kappa shape index (κ1) is 19.5. The Balaban J connectivity index is 1.53. The largest absolute Gasteiger partial charge is 0.324 e. The molecule has 2 aromatic heterocycles. The predicted molar refractivity (Wildman–Crippen MR) is 116 cm³/mol. The summed E-state index contributed by atoms with van der Waals surface area (Å²) >= 11 is 0. The zero-order chi connectivity index (χ0) is 20.9. The van der Waals surface area contributed by atoms with Crippen molar-refractivity contribution >= 4 is 32.7 Å². The van der Waals surface area contributed by atoms with E-state index in [-0.39, 0.29) is 10.4 Å². The Morgan fingerprint density at radius 2 is 1.93 bits per heavy atom. The van der Waals surface area contributed by atoms with Crippen LogP contribution in [0, 0.1) is 0 Å². The zero-order valence-corrected chi connectivity index (χ0v) is 17.7. The van der Waals surface area contributed by atoms with Gasteiger partial charge in [-0.2, -0.15) is 4.98 Å². The van der Waals surface area contributed by atoms with Gasteiger partial charge in [-0.3, -0.25) is 0 Å². The van der Waals surface area contributed by atoms with Crippen LogP contribution in [0.3, 0.4) is 0 Å². The minimum Gasteiger partial charge on any atom is -0.324 e. The third kappa shape index (κ3) is 3.17. The summed E-state index contributed by atoms with van der Waals surface area (Å²) in [6, 6.07) is 8.85. The van der Waals surface area contributed by atoms with Crippen molar-refractivity contribution in [3.63, 3.8) is 0 Å². The van der Waals surface area contributed by atoms with Crippen molar-refractivity contribution in [1.82, 2.24) is 19.9 Å². The number of primary sulfonamides is 1. The van der Waals surface area contributed by atoms with Crippen LogP contribution in [0.5, 0.6) is 0 Å². The van der Waals surface area contributed by atoms with Gasteiger partial charge in [0.2, 0.25) is 16.0 Å². The van der Waals surface area contributed by atoms with E-state index in [0.29, 0.717) is 17.7 Å². The maximum absolute atomic E-state index is 11.5. The molecule has 1 spiro atoms. The second-order valence-electron chi connectivity index (χ2n) is 8.40. The Morgan fingerprint density at radius 3 is 2.63 bits per heavy atom. The minimum atomic E-state index is -3.71. The fourth-order valence-electron chi connectivity index (χ4n) is 5.05. The van der Waals surface area contributed by atoms with Gasteiger partial charge in [-0.25, -0.2) is 18.5 Å². The van der Waals surface area contributed by atoms with Gasteiger partial charge in [0.05, 0.1) is 10.4 Å². The summed E-state index contributed by atoms with van der Waals surface area (Å²) in [5.41, 5.74) is 2.97. The lowest BCUT2D eigenvalue weighted by Gasteiger charge is -2.48. The molecule has 5 rings (SSSR count). The maximum atomic E-state index is 11.5. The third-order valence-corrected chi connectivity index (χ3v) is 7.55. The van der Waals surface area contributed by atoms with Crippen molar-refractivity contribution in [2.75, 3.05) is 5.32 Å². The summed E-state index contributed by atoms with van der Waals surface area (Å²) in [5.74, 6) is 0.490. The molecule has 1 aromatic carbocycles. The van der Waals surface area contributed by atoms with Crippen LogP contribution >= 0.6 is 0 Å². The number of nitrogens with two attached hydrogens (primary N) is 1. The first-order chi connectivity index (χ1) is 14.4. The van der Waals surface area contributed by atoms with Gasteiger partial charge in [0.1, 0.15) is 5.65 Å². The zero-order valence-electron chi connectivity index (χ0n) is 16.9. The molecule has 1 saturated carbocycles. The molecule has 3 aromatic rings. The molecule has 3 heterocycles. The van der Waals surface area contributed by atoms with E-state index >= 15 is 0 Å². The van der Waals surface area contributed by atoms with Crippen LogP contribution in [0.1, 0.15) is 44.7 Å². The molecule has 158 valence electrons. The number of nitrogens with one attached hydrogen (secondary N) is 2. The van der Waals surface area contributed by atoms with Crippen LogP contribution in [-0.2, 0) is 22.1 Å². The molecule has 0 bridgehead atoms. The molecule has 1 aliphatic heterocycles. The number of nitrogens with zero attached hydrogens (tertiary/aromatic N) is 3. The molecule has 1 atom stereocenters. The number of benzene rings is 1. The Morgan fingerprint density at radius 1 is 1.20 bits per heavy atom. The number of anilines is 2. The van der Waals surface area contributed by atoms with Crippen molar-refractivity contribution < 1.29 is 8.42 Å². The number of rotatable bonds is 3. The van der Waals surface area contributed by atoms with Crippen LogP contribution in [-0.4, -0.2) is 29.0 Å². The molecule has 0 amide bonds. The molecule has 9 heteroatoms. The monoisotopic (exact) mass is 426 g/mol. The Labute approximate surface area is 176 Å². The van der Waals surface area contributed by atoms with Gasteiger partial charge in [0.15, 0.2) is 0 Å². The second kappa shape index (κ2) is 7.04. The van der Waals surface area contributed by atoms with Crippen molar-refractivity contribution in [2.45, 2.75) is 62.0 Å². The van der Waals surface area contributed by atoms with Gasteiger partial charge in [0.25, 0.3) is 0 Å². The Bertz CT molecular complexity index is 1200. The van der Waals surface area contributed by atoms with Gasteiger partial charge >= 0.3 is 0 Å². The lowest BCUT2D eigenvalue weighted by atomic mass is 9.75. The number of hydrogen-bond acceptors (Lipinski definition) is 6. The Kier molecular flexibility index (Phi) is 4.57. The SMILES string of the molecule is CC1NCc2cc3cnc(Nc4ccc(S(N)(=O)=O)cc4)nc3n2C12CCCCC2. The van der Waals surface area contributed by atoms with Crippen LogP contribution in [0.25, 0.3) is 11.0 Å². The van der Waals surface area contributed by atoms with Gasteiger partial charge in [-0.05, 0) is 50.1 Å². The van der Waals surface area contributed by atoms with Gasteiger partial charge in [-0.1, -0.05) is 19.3 Å². The van der Waals surface area contributed by atoms with Crippen molar-refractivity contribution in [1.29, 1.82) is 0 Å². The lowest BCUT2D eigenvalue weighted by Crippen LogP contribution is -2.55. The van der Waals surface area contributed by atoms with E-state index in [0.717, 1.165) is 30.4 Å². The number of sulfonamides is 1. The van der Waals surface area contributed by atoms with E-state index in [9.17, 15) is 8.42 Å². The van der Waals surface area contributed by atoms with Gasteiger partial charge in [0, 0.05) is 35.6 Å². The quantitative estimate of drug-likeness (QED) is 0.593. The molecule has 1 fully saturated rings. The summed E-state index contributed by atoms with van der Waals surface area (Å²) in [7, 11) is -3.71. The normalized spacial score (nSPS) is 20.9. The second-order valence-corrected chi connectivity index (χ2v) is 9.97. The maximum Gasteiger partial charge on any atom is 0.238 e. The molecular formula is C21H26N6O2S. The lowest BCUT2D eigenvalue weighted by molar-refractivity contribution is 0.119. The standard InChI is InChI=1S/C21H26N6O2S/c1-14-21(9-3-2-4-10-21)27-17(13-23-14)11-15-12-24-20(26-19(15)27)25-16-5-7-18(8-6-16)30(22,28)29/h5-8,11-12,14,23H,2-4,9-10,13H2,1H3,(H2,22,28,29)(H,24,25,26). The highest BCUT2D eigenvalue weighted by Crippen LogP contribution is 2.43. The average molecular weight is 427 g/mol. The molecule has 8 nitrogen and oxygen atoms in total. The summed E-state index contributed by atoms with van der Waals surface area (Å²) in [6.07, 6.45) is 7.92. The van der Waals surface area contributed by atoms with Gasteiger partial charge in [-0.15, -0.1) is 0 Å². The fraction of sp³-hybridized carbons (Fsp3) is 0.429. The Hall–Kier alpha value is -2.49. The van der Waals surface area contributed by atoms with Crippen LogP contribution in [0.2, 0.25) is 0 Å². The van der Waals surface area contributed by atoms with E-state index in [4.69, 9.17) is 10.1 Å². The van der Waals surface area contributed by atoms with E-state index < -0.39 is 10.0 Å². The number of fused-ring (bicyclic) bond motifs is 4. The van der Waals surface area contributed by atoms with Crippen LogP contribution < -0.4 is 15.8 Å².